The first-order valence-electron chi connectivity index (χ1n) is 14.2. The fourth-order valence-electron chi connectivity index (χ4n) is 5.87. The van der Waals surface area contributed by atoms with Gasteiger partial charge in [-0.25, -0.2) is 28.2 Å². The molecule has 2 aromatic carbocycles. The quantitative estimate of drug-likeness (QED) is 0.306. The Morgan fingerprint density at radius 3 is 2.51 bits per heavy atom. The van der Waals surface area contributed by atoms with Crippen LogP contribution in [0.5, 0.6) is 5.75 Å². The second kappa shape index (κ2) is 12.0. The Bertz CT molecular complexity index is 1580. The number of hydrogen-bond acceptors (Lipinski definition) is 8. The van der Waals surface area contributed by atoms with Gasteiger partial charge in [-0.05, 0) is 55.8 Å². The van der Waals surface area contributed by atoms with Gasteiger partial charge in [-0.2, -0.15) is 5.10 Å². The van der Waals surface area contributed by atoms with Gasteiger partial charge in [0.2, 0.25) is 0 Å². The number of halogens is 2. The molecule has 12 heteroatoms. The van der Waals surface area contributed by atoms with Crippen LogP contribution in [-0.2, 0) is 16.9 Å². The number of carbonyl (C=O) groups is 1. The zero-order valence-electron chi connectivity index (χ0n) is 23.7. The van der Waals surface area contributed by atoms with Gasteiger partial charge in [0, 0.05) is 49.4 Å². The van der Waals surface area contributed by atoms with Gasteiger partial charge in [-0.3, -0.25) is 0 Å². The Kier molecular flexibility index (Phi) is 7.94. The highest BCUT2D eigenvalue weighted by atomic mass is 19.1. The van der Waals surface area contributed by atoms with Crippen molar-refractivity contribution < 1.29 is 28.2 Å². The van der Waals surface area contributed by atoms with E-state index in [9.17, 15) is 13.6 Å². The molecule has 2 aliphatic rings. The van der Waals surface area contributed by atoms with Crippen LogP contribution < -0.4 is 14.5 Å². The van der Waals surface area contributed by atoms with Gasteiger partial charge < -0.3 is 24.4 Å². The lowest BCUT2D eigenvalue weighted by Crippen LogP contribution is -2.46. The number of carboxylic acid groups (broad SMARTS) is 1. The van der Waals surface area contributed by atoms with Crippen molar-refractivity contribution in [2.75, 3.05) is 49.2 Å². The first-order chi connectivity index (χ1) is 20.8. The summed E-state index contributed by atoms with van der Waals surface area (Å²) in [6.07, 6.45) is 3.42. The Labute approximate surface area is 247 Å². The number of carboxylic acids is 1. The maximum absolute atomic E-state index is 14.9. The van der Waals surface area contributed by atoms with Crippen LogP contribution in [-0.4, -0.2) is 70.2 Å². The van der Waals surface area contributed by atoms with E-state index in [1.54, 1.807) is 23.1 Å². The number of hydrogen-bond donors (Lipinski definition) is 1. The van der Waals surface area contributed by atoms with Crippen LogP contribution in [0, 0.1) is 24.5 Å². The summed E-state index contributed by atoms with van der Waals surface area (Å²) in [5.41, 5.74) is 1.29. The van der Waals surface area contributed by atoms with Crippen molar-refractivity contribution in [3.63, 3.8) is 0 Å². The maximum atomic E-state index is 14.9. The second-order valence-corrected chi connectivity index (χ2v) is 11.0. The molecule has 2 saturated heterocycles. The second-order valence-electron chi connectivity index (χ2n) is 11.0. The van der Waals surface area contributed by atoms with Gasteiger partial charge in [-0.1, -0.05) is 6.07 Å². The van der Waals surface area contributed by atoms with Gasteiger partial charge in [0.05, 0.1) is 31.0 Å². The molecule has 10 nitrogen and oxygen atoms in total. The molecule has 0 aliphatic carbocycles. The highest BCUT2D eigenvalue weighted by molar-refractivity contribution is 5.88. The third kappa shape index (κ3) is 6.14. The van der Waals surface area contributed by atoms with E-state index >= 15 is 0 Å². The predicted molar refractivity (Wildman–Crippen MR) is 154 cm³/mol. The van der Waals surface area contributed by atoms with Crippen molar-refractivity contribution in [2.24, 2.45) is 5.92 Å². The Balaban J connectivity index is 1.07. The van der Waals surface area contributed by atoms with Crippen LogP contribution in [0.3, 0.4) is 0 Å². The molecule has 0 amide bonds. The molecule has 0 spiro atoms. The number of rotatable bonds is 9. The minimum atomic E-state index is -1.03. The molecule has 224 valence electrons. The summed E-state index contributed by atoms with van der Waals surface area (Å²) in [4.78, 5) is 24.4. The topological polar surface area (TPSA) is 106 Å². The maximum Gasteiger partial charge on any atom is 0.335 e. The van der Waals surface area contributed by atoms with Crippen molar-refractivity contribution in [2.45, 2.75) is 25.5 Å². The monoisotopic (exact) mass is 590 g/mol. The first-order valence-corrected chi connectivity index (χ1v) is 14.2. The van der Waals surface area contributed by atoms with E-state index in [2.05, 4.69) is 19.9 Å². The molecular formula is C31H32F2N6O4. The lowest BCUT2D eigenvalue weighted by Gasteiger charge is -2.37. The molecule has 2 fully saturated rings. The van der Waals surface area contributed by atoms with E-state index in [-0.39, 0.29) is 23.6 Å². The smallest absolute Gasteiger partial charge is 0.335 e. The number of aryl methyl sites for hydroxylation is 1. The number of ether oxygens (including phenoxy) is 2. The minimum Gasteiger partial charge on any atom is -0.491 e. The summed E-state index contributed by atoms with van der Waals surface area (Å²) in [7, 11) is 0. The van der Waals surface area contributed by atoms with E-state index in [4.69, 9.17) is 19.6 Å². The van der Waals surface area contributed by atoms with Crippen LogP contribution in [0.25, 0.3) is 0 Å². The number of aromatic carboxylic acids is 1. The molecule has 0 unspecified atom stereocenters. The summed E-state index contributed by atoms with van der Waals surface area (Å²) < 4.78 is 42.6. The molecule has 2 atom stereocenters. The summed E-state index contributed by atoms with van der Waals surface area (Å²) >= 11 is 0. The molecular weight excluding hydrogens is 558 g/mol. The largest absolute Gasteiger partial charge is 0.491 e. The lowest BCUT2D eigenvalue weighted by molar-refractivity contribution is -0.0206. The number of benzene rings is 2. The first kappa shape index (κ1) is 28.5. The van der Waals surface area contributed by atoms with Crippen LogP contribution in [0.2, 0.25) is 0 Å². The third-order valence-electron chi connectivity index (χ3n) is 8.10. The average molecular weight is 591 g/mol. The zero-order chi connectivity index (χ0) is 30.0. The molecule has 0 bridgehead atoms. The highest BCUT2D eigenvalue weighted by Crippen LogP contribution is 2.42. The summed E-state index contributed by atoms with van der Waals surface area (Å²) in [6, 6.07) is 14.4. The standard InChI is InChI=1S/C31H32F2N6O4/c1-21-28(8-9-29(36-21)38-12-10-37(11-13-38)25-5-2-23(3-6-25)30(40)41)42-16-22-15-31(43-17-22,18-39-20-34-19-35-39)26-7-4-24(32)14-27(26)33/h2-9,14,19-20,22H,10-13,15-18H2,1H3,(H,40,41)/t22-,31+/m1/s1. The predicted octanol–water partition coefficient (Wildman–Crippen LogP) is 4.30. The van der Waals surface area contributed by atoms with E-state index < -0.39 is 23.2 Å². The molecule has 4 aromatic rings. The summed E-state index contributed by atoms with van der Waals surface area (Å²) in [5, 5.41) is 13.3. The van der Waals surface area contributed by atoms with Crippen LogP contribution in [0.1, 0.15) is 28.0 Å². The third-order valence-corrected chi connectivity index (χ3v) is 8.10. The molecule has 2 aliphatic heterocycles. The van der Waals surface area contributed by atoms with Crippen LogP contribution in [0.4, 0.5) is 20.3 Å². The van der Waals surface area contributed by atoms with E-state index in [0.29, 0.717) is 25.4 Å². The average Bonchev–Trinajstić information content (AvgIpc) is 3.67. The van der Waals surface area contributed by atoms with Crippen molar-refractivity contribution in [3.05, 3.63) is 95.7 Å². The molecule has 1 N–H and O–H groups in total. The minimum absolute atomic E-state index is 0.0373. The van der Waals surface area contributed by atoms with Crippen molar-refractivity contribution >= 4 is 17.5 Å². The van der Waals surface area contributed by atoms with Crippen molar-refractivity contribution in [3.8, 4) is 5.75 Å². The van der Waals surface area contributed by atoms with Gasteiger partial charge >= 0.3 is 5.97 Å². The van der Waals surface area contributed by atoms with Gasteiger partial charge in [0.25, 0.3) is 0 Å². The molecule has 2 aromatic heterocycles. The number of piperazine rings is 1. The van der Waals surface area contributed by atoms with E-state index in [0.717, 1.165) is 49.4 Å². The molecule has 6 rings (SSSR count). The van der Waals surface area contributed by atoms with Crippen LogP contribution in [0.15, 0.2) is 67.3 Å². The fraction of sp³-hybridized carbons (Fsp3) is 0.355. The van der Waals surface area contributed by atoms with Gasteiger partial charge in [-0.15, -0.1) is 0 Å². The van der Waals surface area contributed by atoms with E-state index in [1.807, 2.05) is 31.2 Å². The normalized spacial score (nSPS) is 20.4. The number of pyridine rings is 1. The fourth-order valence-corrected chi connectivity index (χ4v) is 5.87. The van der Waals surface area contributed by atoms with Crippen molar-refractivity contribution in [1.29, 1.82) is 0 Å². The number of aromatic nitrogens is 4. The Hall–Kier alpha value is -4.58. The summed E-state index contributed by atoms with van der Waals surface area (Å²) in [6.45, 7) is 5.98. The SMILES string of the molecule is Cc1nc(N2CCN(c3ccc(C(=O)O)cc3)CC2)ccc1OC[C@@H]1CO[C@@](Cn2cncn2)(c2ccc(F)cc2F)C1. The highest BCUT2D eigenvalue weighted by Gasteiger charge is 2.44. The van der Waals surface area contributed by atoms with Crippen molar-refractivity contribution in [1.82, 2.24) is 19.7 Å². The summed E-state index contributed by atoms with van der Waals surface area (Å²) in [5.74, 6) is -0.732. The van der Waals surface area contributed by atoms with E-state index in [1.165, 1.54) is 18.5 Å². The molecule has 43 heavy (non-hydrogen) atoms. The number of anilines is 2. The lowest BCUT2D eigenvalue weighted by atomic mass is 9.87. The molecule has 4 heterocycles. The molecule has 0 saturated carbocycles. The Morgan fingerprint density at radius 1 is 1.07 bits per heavy atom. The zero-order valence-corrected chi connectivity index (χ0v) is 23.7. The Morgan fingerprint density at radius 2 is 1.84 bits per heavy atom. The van der Waals surface area contributed by atoms with Crippen LogP contribution >= 0.6 is 0 Å². The van der Waals surface area contributed by atoms with Gasteiger partial charge in [0.15, 0.2) is 0 Å². The molecule has 0 radical (unpaired) electrons. The number of nitrogens with zero attached hydrogens (tertiary/aromatic N) is 6. The van der Waals surface area contributed by atoms with Gasteiger partial charge in [0.1, 0.15) is 41.5 Å².